The summed E-state index contributed by atoms with van der Waals surface area (Å²) in [5.41, 5.74) is 5.68. The zero-order valence-electron chi connectivity index (χ0n) is 16.7. The number of primary amides is 1. The highest BCUT2D eigenvalue weighted by Crippen LogP contribution is 2.34. The molecule has 1 atom stereocenters. The van der Waals surface area contributed by atoms with Crippen molar-refractivity contribution in [3.8, 4) is 11.5 Å². The van der Waals surface area contributed by atoms with Gasteiger partial charge in [-0.2, -0.15) is 0 Å². The van der Waals surface area contributed by atoms with E-state index in [1.807, 2.05) is 0 Å². The van der Waals surface area contributed by atoms with Crippen LogP contribution in [0.25, 0.3) is 6.08 Å². The van der Waals surface area contributed by atoms with Crippen molar-refractivity contribution in [2.24, 2.45) is 5.73 Å². The van der Waals surface area contributed by atoms with E-state index < -0.39 is 30.2 Å². The number of hydrogen-bond donors (Lipinski definition) is 3. The van der Waals surface area contributed by atoms with Gasteiger partial charge in [0.05, 0.1) is 25.5 Å². The number of nitrogens with zero attached hydrogens (tertiary/aromatic N) is 1. The number of nitrogens with two attached hydrogens (primary N) is 1. The number of carbonyl (C=O) groups excluding carboxylic acids is 3. The van der Waals surface area contributed by atoms with E-state index in [1.54, 1.807) is 24.3 Å². The molecule has 2 rings (SSSR count). The largest absolute Gasteiger partial charge is 0.493 e. The van der Waals surface area contributed by atoms with Gasteiger partial charge in [0.25, 0.3) is 5.91 Å². The van der Waals surface area contributed by atoms with E-state index in [2.05, 4.69) is 5.32 Å². The highest BCUT2D eigenvalue weighted by molar-refractivity contribution is 8.26. The van der Waals surface area contributed by atoms with Crippen molar-refractivity contribution < 1.29 is 33.8 Å². The van der Waals surface area contributed by atoms with Gasteiger partial charge in [-0.15, -0.1) is 0 Å². The highest BCUT2D eigenvalue weighted by Gasteiger charge is 2.32. The molecule has 1 aliphatic rings. The molecule has 1 aromatic carbocycles. The summed E-state index contributed by atoms with van der Waals surface area (Å²) in [6.07, 6.45) is 0.920. The minimum absolute atomic E-state index is 0.0390. The fourth-order valence-electron chi connectivity index (χ4n) is 2.67. The normalized spacial score (nSPS) is 15.7. The monoisotopic (exact) mass is 467 g/mol. The van der Waals surface area contributed by atoms with Crippen molar-refractivity contribution in [2.75, 3.05) is 20.8 Å². The Balaban J connectivity index is 2.03. The molecule has 31 heavy (non-hydrogen) atoms. The van der Waals surface area contributed by atoms with Gasteiger partial charge in [0.15, 0.2) is 11.5 Å². The standard InChI is InChI=1S/C19H21N3O7S2/c1-28-12-4-3-10(7-13(12)29-2)8-14-17(25)22(19(30)31-14)6-5-16(24)21-11(18(26)27)9-15(20)23/h3-4,7-8,11H,5-6,9H2,1-2H3,(H2,20,23)(H,21,24)(H,26,27)/b14-8+/t11-/m0/s1. The summed E-state index contributed by atoms with van der Waals surface area (Å²) in [5, 5.41) is 11.3. The zero-order valence-corrected chi connectivity index (χ0v) is 18.4. The first-order valence-electron chi connectivity index (χ1n) is 8.94. The van der Waals surface area contributed by atoms with Crippen LogP contribution in [0, 0.1) is 0 Å². The maximum absolute atomic E-state index is 12.7. The summed E-state index contributed by atoms with van der Waals surface area (Å²) >= 11 is 6.32. The fraction of sp³-hybridized carbons (Fsp3) is 0.316. The number of thiocarbonyl (C=S) groups is 1. The second-order valence-corrected chi connectivity index (χ2v) is 8.00. The van der Waals surface area contributed by atoms with Gasteiger partial charge < -0.3 is 25.6 Å². The number of carboxylic acids is 1. The van der Waals surface area contributed by atoms with E-state index in [4.69, 9.17) is 32.5 Å². The predicted octanol–water partition coefficient (Wildman–Crippen LogP) is 0.740. The van der Waals surface area contributed by atoms with E-state index in [1.165, 1.54) is 19.1 Å². The number of thioether (sulfide) groups is 1. The Hall–Kier alpha value is -3.12. The van der Waals surface area contributed by atoms with E-state index >= 15 is 0 Å². The third-order valence-electron chi connectivity index (χ3n) is 4.18. The lowest BCUT2D eigenvalue weighted by molar-refractivity contribution is -0.143. The lowest BCUT2D eigenvalue weighted by Gasteiger charge is -2.16. The molecule has 10 nitrogen and oxygen atoms in total. The molecule has 1 aromatic rings. The maximum Gasteiger partial charge on any atom is 0.326 e. The first kappa shape index (κ1) is 24.2. The number of benzene rings is 1. The van der Waals surface area contributed by atoms with Crippen LogP contribution in [0.3, 0.4) is 0 Å². The number of carboxylic acid groups (broad SMARTS) is 1. The van der Waals surface area contributed by atoms with Gasteiger partial charge in [-0.25, -0.2) is 4.79 Å². The Kier molecular flexibility index (Phi) is 8.39. The number of methoxy groups -OCH3 is 2. The van der Waals surface area contributed by atoms with Crippen molar-refractivity contribution in [1.29, 1.82) is 0 Å². The van der Waals surface area contributed by atoms with Crippen LogP contribution >= 0.6 is 24.0 Å². The number of amides is 3. The zero-order chi connectivity index (χ0) is 23.1. The average molecular weight is 468 g/mol. The molecule has 12 heteroatoms. The first-order chi connectivity index (χ1) is 14.7. The summed E-state index contributed by atoms with van der Waals surface area (Å²) in [4.78, 5) is 48.4. The van der Waals surface area contributed by atoms with Crippen LogP contribution in [-0.4, -0.2) is 64.8 Å². The number of ether oxygens (including phenoxy) is 2. The van der Waals surface area contributed by atoms with Crippen molar-refractivity contribution in [2.45, 2.75) is 18.9 Å². The molecule has 1 saturated heterocycles. The van der Waals surface area contributed by atoms with Crippen LogP contribution in [0.4, 0.5) is 0 Å². The molecule has 0 aliphatic carbocycles. The van der Waals surface area contributed by atoms with Crippen molar-refractivity contribution in [1.82, 2.24) is 10.2 Å². The van der Waals surface area contributed by atoms with E-state index in [9.17, 15) is 19.2 Å². The molecule has 3 amide bonds. The van der Waals surface area contributed by atoms with Gasteiger partial charge >= 0.3 is 5.97 Å². The molecule has 0 saturated carbocycles. The fourth-order valence-corrected chi connectivity index (χ4v) is 3.98. The van der Waals surface area contributed by atoms with Crippen molar-refractivity contribution >= 4 is 58.1 Å². The molecule has 0 unspecified atom stereocenters. The number of rotatable bonds is 10. The minimum Gasteiger partial charge on any atom is -0.493 e. The molecule has 1 heterocycles. The average Bonchev–Trinajstić information content (AvgIpc) is 2.97. The molecule has 0 radical (unpaired) electrons. The predicted molar refractivity (Wildman–Crippen MR) is 117 cm³/mol. The van der Waals surface area contributed by atoms with Gasteiger partial charge in [-0.1, -0.05) is 30.0 Å². The summed E-state index contributed by atoms with van der Waals surface area (Å²) < 4.78 is 10.7. The molecule has 166 valence electrons. The lowest BCUT2D eigenvalue weighted by Crippen LogP contribution is -2.44. The Morgan fingerprint density at radius 3 is 2.55 bits per heavy atom. The van der Waals surface area contributed by atoms with Gasteiger partial charge in [0.1, 0.15) is 10.4 Å². The molecule has 0 bridgehead atoms. The molecule has 1 fully saturated rings. The second-order valence-electron chi connectivity index (χ2n) is 6.33. The summed E-state index contributed by atoms with van der Waals surface area (Å²) in [6, 6.07) is 3.75. The van der Waals surface area contributed by atoms with Crippen LogP contribution in [0.15, 0.2) is 23.1 Å². The molecular weight excluding hydrogens is 446 g/mol. The van der Waals surface area contributed by atoms with Crippen LogP contribution in [0.1, 0.15) is 18.4 Å². The van der Waals surface area contributed by atoms with Gasteiger partial charge in [-0.3, -0.25) is 19.3 Å². The van der Waals surface area contributed by atoms with Gasteiger partial charge in [0.2, 0.25) is 11.8 Å². The van der Waals surface area contributed by atoms with Crippen LogP contribution in [0.2, 0.25) is 0 Å². The second kappa shape index (κ2) is 10.8. The van der Waals surface area contributed by atoms with Crippen molar-refractivity contribution in [3.63, 3.8) is 0 Å². The number of nitrogens with one attached hydrogen (secondary N) is 1. The molecule has 4 N–H and O–H groups in total. The molecule has 0 spiro atoms. The smallest absolute Gasteiger partial charge is 0.326 e. The molecular formula is C19H21N3O7S2. The lowest BCUT2D eigenvalue weighted by atomic mass is 10.2. The van der Waals surface area contributed by atoms with Crippen LogP contribution < -0.4 is 20.5 Å². The topological polar surface area (TPSA) is 148 Å². The van der Waals surface area contributed by atoms with Crippen LogP contribution in [-0.2, 0) is 19.2 Å². The summed E-state index contributed by atoms with van der Waals surface area (Å²) in [5.74, 6) is -2.20. The highest BCUT2D eigenvalue weighted by atomic mass is 32.2. The number of hydrogen-bond acceptors (Lipinski definition) is 8. The Labute approximate surface area is 187 Å². The van der Waals surface area contributed by atoms with E-state index in [0.29, 0.717) is 22.0 Å². The third-order valence-corrected chi connectivity index (χ3v) is 5.56. The number of carbonyl (C=O) groups is 4. The van der Waals surface area contributed by atoms with E-state index in [0.717, 1.165) is 11.8 Å². The Bertz CT molecular complexity index is 948. The quantitative estimate of drug-likeness (QED) is 0.335. The molecule has 1 aliphatic heterocycles. The number of aliphatic carboxylic acids is 1. The third kappa shape index (κ3) is 6.43. The Morgan fingerprint density at radius 1 is 1.29 bits per heavy atom. The van der Waals surface area contributed by atoms with Gasteiger partial charge in [0, 0.05) is 13.0 Å². The Morgan fingerprint density at radius 2 is 1.97 bits per heavy atom. The summed E-state index contributed by atoms with van der Waals surface area (Å²) in [6.45, 7) is -0.0390. The van der Waals surface area contributed by atoms with Gasteiger partial charge in [-0.05, 0) is 23.8 Å². The first-order valence-corrected chi connectivity index (χ1v) is 10.2. The summed E-state index contributed by atoms with van der Waals surface area (Å²) in [7, 11) is 3.02. The van der Waals surface area contributed by atoms with E-state index in [-0.39, 0.29) is 23.2 Å². The van der Waals surface area contributed by atoms with Crippen molar-refractivity contribution in [3.05, 3.63) is 28.7 Å². The van der Waals surface area contributed by atoms with Crippen LogP contribution in [0.5, 0.6) is 11.5 Å². The molecule has 0 aromatic heterocycles. The minimum atomic E-state index is -1.43. The SMILES string of the molecule is COc1ccc(/C=C2/SC(=S)N(CCC(=O)N[C@@H](CC(N)=O)C(=O)O)C2=O)cc1OC. The maximum atomic E-state index is 12.7.